The summed E-state index contributed by atoms with van der Waals surface area (Å²) in [6, 6.07) is 3.82. The predicted molar refractivity (Wildman–Crippen MR) is 77.1 cm³/mol. The van der Waals surface area contributed by atoms with Crippen molar-refractivity contribution in [2.45, 2.75) is 42.4 Å². The molecule has 1 aliphatic carbocycles. The van der Waals surface area contributed by atoms with Crippen LogP contribution in [0.2, 0.25) is 0 Å². The number of rotatable bonds is 3. The molecule has 2 fully saturated rings. The molecule has 4 nitrogen and oxygen atoms in total. The van der Waals surface area contributed by atoms with E-state index in [4.69, 9.17) is 0 Å². The normalized spacial score (nSPS) is 23.0. The molecule has 8 heteroatoms. The van der Waals surface area contributed by atoms with E-state index in [9.17, 15) is 26.7 Å². The second-order valence-corrected chi connectivity index (χ2v) is 8.25. The van der Waals surface area contributed by atoms with E-state index in [1.165, 1.54) is 10.4 Å². The summed E-state index contributed by atoms with van der Waals surface area (Å²) in [6.07, 6.45) is -2.01. The molecule has 0 atom stereocenters. The second-order valence-electron chi connectivity index (χ2n) is 6.31. The average Bonchev–Trinajstić information content (AvgIpc) is 3.26. The number of hydrogen-bond acceptors (Lipinski definition) is 3. The van der Waals surface area contributed by atoms with Crippen LogP contribution in [0, 0.1) is 5.92 Å². The van der Waals surface area contributed by atoms with Gasteiger partial charge in [-0.15, -0.1) is 0 Å². The molecule has 1 aromatic rings. The molecule has 0 amide bonds. The van der Waals surface area contributed by atoms with E-state index < -0.39 is 27.4 Å². The molecular weight excluding hydrogens is 331 g/mol. The highest BCUT2D eigenvalue weighted by atomic mass is 32.2. The lowest BCUT2D eigenvalue weighted by atomic mass is 9.90. The van der Waals surface area contributed by atoms with Gasteiger partial charge in [0.25, 0.3) is 0 Å². The van der Waals surface area contributed by atoms with E-state index in [0.717, 1.165) is 25.0 Å². The summed E-state index contributed by atoms with van der Waals surface area (Å²) >= 11 is 0. The van der Waals surface area contributed by atoms with E-state index in [1.54, 1.807) is 0 Å². The molecule has 1 saturated heterocycles. The lowest BCUT2D eigenvalue weighted by molar-refractivity contribution is -0.137. The van der Waals surface area contributed by atoms with Crippen LogP contribution in [0.15, 0.2) is 29.2 Å². The summed E-state index contributed by atoms with van der Waals surface area (Å²) in [5.74, 6) is 0.0791. The summed E-state index contributed by atoms with van der Waals surface area (Å²) in [5, 5.41) is 10.1. The van der Waals surface area contributed by atoms with Crippen LogP contribution in [-0.2, 0) is 16.2 Å². The van der Waals surface area contributed by atoms with Crippen LogP contribution in [0.5, 0.6) is 0 Å². The maximum Gasteiger partial charge on any atom is 0.416 e. The maximum atomic E-state index is 12.8. The van der Waals surface area contributed by atoms with Crippen LogP contribution in [0.25, 0.3) is 0 Å². The minimum atomic E-state index is -4.58. The molecule has 0 radical (unpaired) electrons. The average molecular weight is 349 g/mol. The zero-order valence-corrected chi connectivity index (χ0v) is 13.2. The Kier molecular flexibility index (Phi) is 3.97. The standard InChI is InChI=1S/C15H18F3NO3S/c16-15(17,18)12-2-1-3-13(10-12)23(21,22)19-8-4-11(5-9-19)14(20)6-7-14/h1-3,10-11,20H,4-9H2. The van der Waals surface area contributed by atoms with Gasteiger partial charge in [-0.25, -0.2) is 8.42 Å². The molecule has 1 heterocycles. The molecule has 1 aromatic carbocycles. The monoisotopic (exact) mass is 349 g/mol. The van der Waals surface area contributed by atoms with Gasteiger partial charge in [-0.05, 0) is 49.8 Å². The molecule has 23 heavy (non-hydrogen) atoms. The number of hydrogen-bond donors (Lipinski definition) is 1. The number of sulfonamides is 1. The highest BCUT2D eigenvalue weighted by molar-refractivity contribution is 7.89. The Bertz CT molecular complexity index is 690. The highest BCUT2D eigenvalue weighted by Gasteiger charge is 2.49. The molecule has 0 bridgehead atoms. The van der Waals surface area contributed by atoms with Gasteiger partial charge >= 0.3 is 6.18 Å². The summed E-state index contributed by atoms with van der Waals surface area (Å²) in [7, 11) is -3.94. The molecule has 0 unspecified atom stereocenters. The first-order valence-corrected chi connectivity index (χ1v) is 8.97. The smallest absolute Gasteiger partial charge is 0.390 e. The maximum absolute atomic E-state index is 12.8. The zero-order chi connectivity index (χ0) is 16.9. The second kappa shape index (κ2) is 5.46. The van der Waals surface area contributed by atoms with E-state index in [-0.39, 0.29) is 23.9 Å². The Labute approximate surface area is 133 Å². The quantitative estimate of drug-likeness (QED) is 0.913. The van der Waals surface area contributed by atoms with Gasteiger partial charge in [0, 0.05) is 13.1 Å². The topological polar surface area (TPSA) is 57.6 Å². The SMILES string of the molecule is O=S(=O)(c1cccc(C(F)(F)F)c1)N1CCC(C2(O)CC2)CC1. The number of aliphatic hydroxyl groups is 1. The third-order valence-electron chi connectivity index (χ3n) is 4.78. The van der Waals surface area contributed by atoms with Crippen molar-refractivity contribution in [3.05, 3.63) is 29.8 Å². The molecule has 0 spiro atoms. The summed E-state index contributed by atoms with van der Waals surface area (Å²) in [5.41, 5.74) is -1.62. The lowest BCUT2D eigenvalue weighted by Crippen LogP contribution is -2.41. The van der Waals surface area contributed by atoms with E-state index in [1.807, 2.05) is 0 Å². The molecule has 3 rings (SSSR count). The number of alkyl halides is 3. The van der Waals surface area contributed by atoms with E-state index >= 15 is 0 Å². The molecule has 0 aromatic heterocycles. The van der Waals surface area contributed by atoms with Gasteiger partial charge in [-0.3, -0.25) is 0 Å². The van der Waals surface area contributed by atoms with Crippen LogP contribution in [0.4, 0.5) is 13.2 Å². The molecule has 1 aliphatic heterocycles. The van der Waals surface area contributed by atoms with Crippen molar-refractivity contribution in [1.29, 1.82) is 0 Å². The van der Waals surface area contributed by atoms with Crippen LogP contribution in [0.3, 0.4) is 0 Å². The van der Waals surface area contributed by atoms with Crippen molar-refractivity contribution in [2.24, 2.45) is 5.92 Å². The van der Waals surface area contributed by atoms with Crippen molar-refractivity contribution in [3.63, 3.8) is 0 Å². The largest absolute Gasteiger partial charge is 0.416 e. The summed E-state index contributed by atoms with van der Waals surface area (Å²) in [4.78, 5) is -0.337. The molecule has 2 aliphatic rings. The lowest BCUT2D eigenvalue weighted by Gasteiger charge is -2.33. The fourth-order valence-corrected chi connectivity index (χ4v) is 4.67. The molecule has 1 N–H and O–H groups in total. The first-order chi connectivity index (χ1) is 10.6. The van der Waals surface area contributed by atoms with Crippen molar-refractivity contribution < 1.29 is 26.7 Å². The minimum absolute atomic E-state index is 0.0791. The van der Waals surface area contributed by atoms with E-state index in [2.05, 4.69) is 0 Å². The number of halogens is 3. The highest BCUT2D eigenvalue weighted by Crippen LogP contribution is 2.46. The van der Waals surface area contributed by atoms with Crippen molar-refractivity contribution in [1.82, 2.24) is 4.31 Å². The summed E-state index contributed by atoms with van der Waals surface area (Å²) in [6.45, 7) is 0.455. The Morgan fingerprint density at radius 3 is 2.30 bits per heavy atom. The van der Waals surface area contributed by atoms with Crippen LogP contribution in [-0.4, -0.2) is 36.5 Å². The van der Waals surface area contributed by atoms with E-state index in [0.29, 0.717) is 18.9 Å². The van der Waals surface area contributed by atoms with Gasteiger partial charge in [0.1, 0.15) is 0 Å². The number of benzene rings is 1. The molecule has 128 valence electrons. The van der Waals surface area contributed by atoms with Gasteiger partial charge in [-0.2, -0.15) is 17.5 Å². The third-order valence-corrected chi connectivity index (χ3v) is 6.67. The van der Waals surface area contributed by atoms with Gasteiger partial charge < -0.3 is 5.11 Å². The van der Waals surface area contributed by atoms with Crippen LogP contribution >= 0.6 is 0 Å². The van der Waals surface area contributed by atoms with Gasteiger partial charge in [0.2, 0.25) is 10.0 Å². The van der Waals surface area contributed by atoms with Gasteiger partial charge in [0.05, 0.1) is 16.1 Å². The Hall–Kier alpha value is -1.12. The summed E-state index contributed by atoms with van der Waals surface area (Å²) < 4.78 is 64.5. The van der Waals surface area contributed by atoms with Crippen molar-refractivity contribution in [3.8, 4) is 0 Å². The van der Waals surface area contributed by atoms with Crippen molar-refractivity contribution >= 4 is 10.0 Å². The fraction of sp³-hybridized carbons (Fsp3) is 0.600. The molecule has 1 saturated carbocycles. The number of piperidine rings is 1. The Morgan fingerprint density at radius 1 is 1.17 bits per heavy atom. The van der Waals surface area contributed by atoms with Gasteiger partial charge in [0.15, 0.2) is 0 Å². The van der Waals surface area contributed by atoms with Crippen LogP contribution in [0.1, 0.15) is 31.2 Å². The van der Waals surface area contributed by atoms with Crippen LogP contribution < -0.4 is 0 Å². The first-order valence-electron chi connectivity index (χ1n) is 7.53. The molecular formula is C15H18F3NO3S. The fourth-order valence-electron chi connectivity index (χ4n) is 3.15. The predicted octanol–water partition coefficient (Wildman–Crippen LogP) is 2.63. The number of nitrogens with zero attached hydrogens (tertiary/aromatic N) is 1. The first kappa shape index (κ1) is 16.7. The third kappa shape index (κ3) is 3.25. The Balaban J connectivity index is 1.77. The Morgan fingerprint density at radius 2 is 1.78 bits per heavy atom. The van der Waals surface area contributed by atoms with Gasteiger partial charge in [-0.1, -0.05) is 6.07 Å². The zero-order valence-electron chi connectivity index (χ0n) is 12.4. The van der Waals surface area contributed by atoms with Crippen molar-refractivity contribution in [2.75, 3.05) is 13.1 Å². The minimum Gasteiger partial charge on any atom is -0.390 e.